The van der Waals surface area contributed by atoms with Crippen molar-refractivity contribution in [3.05, 3.63) is 28.2 Å². The number of hydrogen-bond acceptors (Lipinski definition) is 2. The Morgan fingerprint density at radius 1 is 1.46 bits per heavy atom. The number of benzene rings is 1. The van der Waals surface area contributed by atoms with Crippen LogP contribution in [0.15, 0.2) is 27.7 Å². The zero-order valence-electron chi connectivity index (χ0n) is 7.54. The second kappa shape index (κ2) is 4.66. The second-order valence-electron chi connectivity index (χ2n) is 3.07. The van der Waals surface area contributed by atoms with Crippen LogP contribution in [0.1, 0.15) is 25.3 Å². The minimum Gasteiger partial charge on any atom is -0.194 e. The molecular formula is C10H10BrNS. The Labute approximate surface area is 92.0 Å². The van der Waals surface area contributed by atoms with Gasteiger partial charge in [0, 0.05) is 4.47 Å². The van der Waals surface area contributed by atoms with Gasteiger partial charge in [-0.25, -0.2) is 0 Å². The van der Waals surface area contributed by atoms with Crippen molar-refractivity contribution in [3.8, 4) is 0 Å². The molecule has 0 aliphatic rings. The Balaban J connectivity index is 3.12. The predicted molar refractivity (Wildman–Crippen MR) is 62.9 cm³/mol. The highest BCUT2D eigenvalue weighted by Gasteiger charge is 2.02. The maximum atomic E-state index is 4.54. The molecule has 3 heteroatoms. The average Bonchev–Trinajstić information content (AvgIpc) is 2.08. The zero-order chi connectivity index (χ0) is 9.84. The molecule has 0 spiro atoms. The van der Waals surface area contributed by atoms with E-state index in [9.17, 15) is 0 Å². The smallest absolute Gasteiger partial charge is 0.0881 e. The molecule has 0 aromatic heterocycles. The average molecular weight is 256 g/mol. The SMILES string of the molecule is CC(C)c1ccc(N=C=S)c(Br)c1. The van der Waals surface area contributed by atoms with Crippen LogP contribution >= 0.6 is 28.1 Å². The molecule has 0 unspecified atom stereocenters. The summed E-state index contributed by atoms with van der Waals surface area (Å²) in [6.07, 6.45) is 0. The van der Waals surface area contributed by atoms with Crippen LogP contribution in [0, 0.1) is 0 Å². The van der Waals surface area contributed by atoms with Gasteiger partial charge in [0.1, 0.15) is 0 Å². The highest BCUT2D eigenvalue weighted by molar-refractivity contribution is 9.10. The molecule has 0 amide bonds. The fourth-order valence-electron chi connectivity index (χ4n) is 1.02. The van der Waals surface area contributed by atoms with Gasteiger partial charge in [0.05, 0.1) is 10.8 Å². The summed E-state index contributed by atoms with van der Waals surface area (Å²) in [5.41, 5.74) is 2.12. The number of aliphatic imine (C=N–C) groups is 1. The second-order valence-corrected chi connectivity index (χ2v) is 4.11. The molecule has 1 aromatic rings. The summed E-state index contributed by atoms with van der Waals surface area (Å²) in [5, 5.41) is 2.35. The molecule has 0 saturated carbocycles. The van der Waals surface area contributed by atoms with Crippen molar-refractivity contribution in [1.29, 1.82) is 0 Å². The Morgan fingerprint density at radius 3 is 2.62 bits per heavy atom. The number of nitrogens with zero attached hydrogens (tertiary/aromatic N) is 1. The van der Waals surface area contributed by atoms with Crippen molar-refractivity contribution in [2.45, 2.75) is 19.8 Å². The van der Waals surface area contributed by atoms with Crippen molar-refractivity contribution in [3.63, 3.8) is 0 Å². The molecule has 13 heavy (non-hydrogen) atoms. The third-order valence-corrected chi connectivity index (χ3v) is 2.53. The summed E-state index contributed by atoms with van der Waals surface area (Å²) in [4.78, 5) is 3.92. The van der Waals surface area contributed by atoms with Gasteiger partial charge in [0.25, 0.3) is 0 Å². The molecule has 0 aliphatic heterocycles. The lowest BCUT2D eigenvalue weighted by Gasteiger charge is -2.06. The summed E-state index contributed by atoms with van der Waals surface area (Å²) in [5.74, 6) is 0.529. The molecule has 0 heterocycles. The van der Waals surface area contributed by atoms with Crippen LogP contribution in [0.5, 0.6) is 0 Å². The standard InChI is InChI=1S/C10H10BrNS/c1-7(2)8-3-4-10(12-6-13)9(11)5-8/h3-5,7H,1-2H3. The normalized spacial score (nSPS) is 9.85. The van der Waals surface area contributed by atoms with Crippen molar-refractivity contribution >= 4 is 39.0 Å². The van der Waals surface area contributed by atoms with Crippen LogP contribution in [0.3, 0.4) is 0 Å². The number of halogens is 1. The first kappa shape index (κ1) is 10.6. The maximum Gasteiger partial charge on any atom is 0.0881 e. The van der Waals surface area contributed by atoms with Gasteiger partial charge in [-0.3, -0.25) is 0 Å². The Morgan fingerprint density at radius 2 is 2.15 bits per heavy atom. The first-order valence-electron chi connectivity index (χ1n) is 4.02. The minimum absolute atomic E-state index is 0.529. The summed E-state index contributed by atoms with van der Waals surface area (Å²) >= 11 is 7.98. The van der Waals surface area contributed by atoms with Gasteiger partial charge in [0.15, 0.2) is 0 Å². The Bertz CT molecular complexity index is 354. The summed E-state index contributed by atoms with van der Waals surface area (Å²) in [6, 6.07) is 6.07. The van der Waals surface area contributed by atoms with Crippen LogP contribution in [-0.2, 0) is 0 Å². The first-order valence-corrected chi connectivity index (χ1v) is 5.22. The third kappa shape index (κ3) is 2.73. The summed E-state index contributed by atoms with van der Waals surface area (Å²) < 4.78 is 0.969. The topological polar surface area (TPSA) is 12.4 Å². The van der Waals surface area contributed by atoms with Gasteiger partial charge >= 0.3 is 0 Å². The fraction of sp³-hybridized carbons (Fsp3) is 0.300. The molecule has 68 valence electrons. The van der Waals surface area contributed by atoms with Crippen LogP contribution < -0.4 is 0 Å². The van der Waals surface area contributed by atoms with Gasteiger partial charge in [-0.05, 0) is 51.8 Å². The number of thiocarbonyl (C=S) groups is 1. The number of rotatable bonds is 2. The van der Waals surface area contributed by atoms with Gasteiger partial charge in [-0.15, -0.1) is 0 Å². The lowest BCUT2D eigenvalue weighted by Crippen LogP contribution is -1.85. The van der Waals surface area contributed by atoms with E-state index >= 15 is 0 Å². The molecule has 0 atom stereocenters. The van der Waals surface area contributed by atoms with E-state index in [0.717, 1.165) is 10.2 Å². The Hall–Kier alpha value is -0.500. The van der Waals surface area contributed by atoms with Gasteiger partial charge in [-0.2, -0.15) is 4.99 Å². The molecule has 1 rings (SSSR count). The minimum atomic E-state index is 0.529. The molecule has 1 nitrogen and oxygen atoms in total. The highest BCUT2D eigenvalue weighted by Crippen LogP contribution is 2.28. The quantitative estimate of drug-likeness (QED) is 0.567. The Kier molecular flexibility index (Phi) is 3.79. The first-order chi connectivity index (χ1) is 6.15. The summed E-state index contributed by atoms with van der Waals surface area (Å²) in [6.45, 7) is 4.31. The molecule has 0 aliphatic carbocycles. The van der Waals surface area contributed by atoms with E-state index in [-0.39, 0.29) is 0 Å². The molecule has 0 radical (unpaired) electrons. The van der Waals surface area contributed by atoms with Crippen LogP contribution in [0.2, 0.25) is 0 Å². The van der Waals surface area contributed by atoms with E-state index in [1.54, 1.807) is 0 Å². The van der Waals surface area contributed by atoms with Gasteiger partial charge in [-0.1, -0.05) is 19.9 Å². The van der Waals surface area contributed by atoms with Crippen LogP contribution in [0.25, 0.3) is 0 Å². The van der Waals surface area contributed by atoms with Crippen molar-refractivity contribution in [1.82, 2.24) is 0 Å². The van der Waals surface area contributed by atoms with Gasteiger partial charge in [0.2, 0.25) is 0 Å². The van der Waals surface area contributed by atoms with Crippen molar-refractivity contribution in [2.75, 3.05) is 0 Å². The lowest BCUT2D eigenvalue weighted by molar-refractivity contribution is 0.866. The van der Waals surface area contributed by atoms with E-state index in [4.69, 9.17) is 0 Å². The van der Waals surface area contributed by atoms with Crippen LogP contribution in [-0.4, -0.2) is 5.16 Å². The summed E-state index contributed by atoms with van der Waals surface area (Å²) in [7, 11) is 0. The molecule has 1 aromatic carbocycles. The molecule has 0 N–H and O–H groups in total. The highest BCUT2D eigenvalue weighted by atomic mass is 79.9. The maximum absolute atomic E-state index is 4.54. The van der Waals surface area contributed by atoms with Crippen molar-refractivity contribution in [2.24, 2.45) is 4.99 Å². The van der Waals surface area contributed by atoms with E-state index in [1.165, 1.54) is 5.56 Å². The molecule has 0 fully saturated rings. The molecule has 0 bridgehead atoms. The number of isothiocyanates is 1. The molecule has 0 saturated heterocycles. The largest absolute Gasteiger partial charge is 0.194 e. The van der Waals surface area contributed by atoms with E-state index in [0.29, 0.717) is 5.92 Å². The van der Waals surface area contributed by atoms with Crippen molar-refractivity contribution < 1.29 is 0 Å². The van der Waals surface area contributed by atoms with Crippen LogP contribution in [0.4, 0.5) is 5.69 Å². The van der Waals surface area contributed by atoms with E-state index < -0.39 is 0 Å². The van der Waals surface area contributed by atoms with E-state index in [1.807, 2.05) is 6.07 Å². The fourth-order valence-corrected chi connectivity index (χ4v) is 1.61. The predicted octanol–water partition coefficient (Wildman–Crippen LogP) is 4.31. The zero-order valence-corrected chi connectivity index (χ0v) is 9.95. The van der Waals surface area contributed by atoms with Gasteiger partial charge < -0.3 is 0 Å². The third-order valence-electron chi connectivity index (χ3n) is 1.80. The number of hydrogen-bond donors (Lipinski definition) is 0. The van der Waals surface area contributed by atoms with E-state index in [2.05, 4.69) is 64.3 Å². The lowest BCUT2D eigenvalue weighted by atomic mass is 10.0. The molecular weight excluding hydrogens is 246 g/mol. The monoisotopic (exact) mass is 255 g/mol.